The fourth-order valence-corrected chi connectivity index (χ4v) is 2.84. The highest BCUT2D eigenvalue weighted by Gasteiger charge is 2.26. The highest BCUT2D eigenvalue weighted by Crippen LogP contribution is 2.39. The van der Waals surface area contributed by atoms with Crippen LogP contribution in [0.1, 0.15) is 68.8 Å². The van der Waals surface area contributed by atoms with E-state index in [1.807, 2.05) is 53.7 Å². The maximum atomic E-state index is 12.0. The number of carbonyl (C=O) groups is 1. The number of nitrogens with zero attached hydrogens (tertiary/aromatic N) is 1. The summed E-state index contributed by atoms with van der Waals surface area (Å²) in [7, 11) is 0. The fraction of sp³-hybridized carbons (Fsp3) is 0.400. The second-order valence-electron chi connectivity index (χ2n) is 8.27. The van der Waals surface area contributed by atoms with E-state index in [1.165, 1.54) is 0 Å². The molecule has 5 nitrogen and oxygen atoms in total. The molecule has 0 radical (unpaired) electrons. The molecular weight excluding hydrogens is 396 g/mol. The lowest BCUT2D eigenvalue weighted by molar-refractivity contribution is 0.0926. The molecule has 0 saturated carbocycles. The minimum absolute atomic E-state index is 0.172. The Morgan fingerprint density at radius 2 is 1.65 bits per heavy atom. The number of hydrazone groups is 1. The Morgan fingerprint density at radius 3 is 2.08 bits per heavy atom. The highest BCUT2D eigenvalue weighted by atomic mass is 79.9. The first kappa shape index (κ1) is 20.2. The number of phenolic OH excluding ortho intramolecular Hbond substituents is 1. The van der Waals surface area contributed by atoms with Crippen LogP contribution in [0.3, 0.4) is 0 Å². The van der Waals surface area contributed by atoms with Crippen LogP contribution in [-0.4, -0.2) is 17.2 Å². The van der Waals surface area contributed by atoms with Crippen molar-refractivity contribution < 1.29 is 14.3 Å². The zero-order valence-electron chi connectivity index (χ0n) is 16.0. The van der Waals surface area contributed by atoms with Gasteiger partial charge in [0, 0.05) is 11.1 Å². The van der Waals surface area contributed by atoms with E-state index in [9.17, 15) is 9.90 Å². The standard InChI is InChI=1S/C20H25BrN2O3/c1-19(2,3)13-9-12(10-14(17(13)24)20(4,5)6)11-22-23-18(25)15-7-8-16(21)26-15/h7-11,24H,1-6H3,(H,23,25)/b22-11-. The highest BCUT2D eigenvalue weighted by molar-refractivity contribution is 9.10. The first-order valence-electron chi connectivity index (χ1n) is 8.36. The van der Waals surface area contributed by atoms with Gasteiger partial charge >= 0.3 is 5.91 Å². The maximum absolute atomic E-state index is 12.0. The Balaban J connectivity index is 2.32. The summed E-state index contributed by atoms with van der Waals surface area (Å²) >= 11 is 3.16. The van der Waals surface area contributed by atoms with Gasteiger partial charge in [0.05, 0.1) is 6.21 Å². The number of amides is 1. The Bertz CT molecular complexity index is 804. The number of phenols is 1. The van der Waals surface area contributed by atoms with Gasteiger partial charge in [0.15, 0.2) is 10.4 Å². The summed E-state index contributed by atoms with van der Waals surface area (Å²) in [6.07, 6.45) is 1.57. The van der Waals surface area contributed by atoms with Gasteiger partial charge in [-0.3, -0.25) is 4.79 Å². The molecule has 2 N–H and O–H groups in total. The Labute approximate surface area is 162 Å². The lowest BCUT2D eigenvalue weighted by atomic mass is 9.78. The van der Waals surface area contributed by atoms with Crippen LogP contribution in [0.15, 0.2) is 38.5 Å². The number of halogens is 1. The molecule has 0 aliphatic carbocycles. The SMILES string of the molecule is CC(C)(C)c1cc(/C=N\NC(=O)c2ccc(Br)o2)cc(C(C)(C)C)c1O. The van der Waals surface area contributed by atoms with Crippen molar-refractivity contribution in [1.29, 1.82) is 0 Å². The molecule has 0 saturated heterocycles. The van der Waals surface area contributed by atoms with Crippen molar-refractivity contribution in [3.8, 4) is 5.75 Å². The van der Waals surface area contributed by atoms with Gasteiger partial charge in [-0.05, 0) is 56.6 Å². The number of nitrogens with one attached hydrogen (secondary N) is 1. The van der Waals surface area contributed by atoms with E-state index in [4.69, 9.17) is 4.42 Å². The molecule has 1 aromatic heterocycles. The van der Waals surface area contributed by atoms with E-state index in [0.29, 0.717) is 10.4 Å². The zero-order valence-corrected chi connectivity index (χ0v) is 17.6. The molecule has 6 heteroatoms. The molecular formula is C20H25BrN2O3. The smallest absolute Gasteiger partial charge is 0.307 e. The molecule has 26 heavy (non-hydrogen) atoms. The van der Waals surface area contributed by atoms with Gasteiger partial charge in [0.2, 0.25) is 0 Å². The van der Waals surface area contributed by atoms with Gasteiger partial charge in [-0.15, -0.1) is 0 Å². The van der Waals surface area contributed by atoms with E-state index in [-0.39, 0.29) is 16.6 Å². The van der Waals surface area contributed by atoms with Crippen LogP contribution in [0.5, 0.6) is 5.75 Å². The van der Waals surface area contributed by atoms with Gasteiger partial charge in [0.1, 0.15) is 5.75 Å². The third-order valence-electron chi connectivity index (χ3n) is 3.92. The van der Waals surface area contributed by atoms with Gasteiger partial charge in [-0.2, -0.15) is 5.10 Å². The summed E-state index contributed by atoms with van der Waals surface area (Å²) in [4.78, 5) is 12.0. The normalized spacial score (nSPS) is 12.6. The monoisotopic (exact) mass is 420 g/mol. The molecule has 140 valence electrons. The van der Waals surface area contributed by atoms with E-state index >= 15 is 0 Å². The van der Waals surface area contributed by atoms with Gasteiger partial charge in [0.25, 0.3) is 0 Å². The third kappa shape index (κ3) is 4.75. The number of aromatic hydroxyl groups is 1. The molecule has 0 aliphatic rings. The molecule has 0 spiro atoms. The molecule has 1 heterocycles. The fourth-order valence-electron chi connectivity index (χ4n) is 2.53. The maximum Gasteiger partial charge on any atom is 0.307 e. The summed E-state index contributed by atoms with van der Waals surface area (Å²) < 4.78 is 5.67. The van der Waals surface area contributed by atoms with Crippen molar-refractivity contribution in [3.63, 3.8) is 0 Å². The van der Waals surface area contributed by atoms with Crippen molar-refractivity contribution in [1.82, 2.24) is 5.43 Å². The summed E-state index contributed by atoms with van der Waals surface area (Å²) in [5, 5.41) is 14.7. The number of rotatable bonds is 3. The first-order chi connectivity index (χ1) is 11.9. The molecule has 0 aliphatic heterocycles. The van der Waals surface area contributed by atoms with Gasteiger partial charge < -0.3 is 9.52 Å². The number of furan rings is 1. The zero-order chi connectivity index (χ0) is 19.7. The minimum atomic E-state index is -0.433. The molecule has 0 unspecified atom stereocenters. The van der Waals surface area contributed by atoms with Crippen LogP contribution >= 0.6 is 15.9 Å². The van der Waals surface area contributed by atoms with Gasteiger partial charge in [-0.1, -0.05) is 41.5 Å². The van der Waals surface area contributed by atoms with Crippen molar-refractivity contribution >= 4 is 28.1 Å². The number of benzene rings is 1. The second-order valence-corrected chi connectivity index (χ2v) is 9.05. The molecule has 2 rings (SSSR count). The van der Waals surface area contributed by atoms with Crippen molar-refractivity contribution in [2.24, 2.45) is 5.10 Å². The second kappa shape index (κ2) is 7.27. The van der Waals surface area contributed by atoms with Gasteiger partial charge in [-0.25, -0.2) is 5.43 Å². The lowest BCUT2D eigenvalue weighted by Gasteiger charge is -2.27. The molecule has 1 aromatic carbocycles. The largest absolute Gasteiger partial charge is 0.507 e. The summed E-state index contributed by atoms with van der Waals surface area (Å²) in [6.45, 7) is 12.3. The van der Waals surface area contributed by atoms with Crippen LogP contribution in [0, 0.1) is 0 Å². The summed E-state index contributed by atoms with van der Waals surface area (Å²) in [5.74, 6) is 0.0509. The van der Waals surface area contributed by atoms with Crippen LogP contribution in [-0.2, 0) is 10.8 Å². The van der Waals surface area contributed by atoms with E-state index < -0.39 is 5.91 Å². The topological polar surface area (TPSA) is 74.8 Å². The molecule has 0 bridgehead atoms. The van der Waals surface area contributed by atoms with Crippen LogP contribution in [0.2, 0.25) is 0 Å². The minimum Gasteiger partial charge on any atom is -0.507 e. The lowest BCUT2D eigenvalue weighted by Crippen LogP contribution is -2.19. The Hall–Kier alpha value is -2.08. The van der Waals surface area contributed by atoms with E-state index in [2.05, 4.69) is 26.5 Å². The van der Waals surface area contributed by atoms with Crippen LogP contribution < -0.4 is 5.43 Å². The van der Waals surface area contributed by atoms with Crippen LogP contribution in [0.25, 0.3) is 0 Å². The Kier molecular flexibility index (Phi) is 5.66. The number of hydrogen-bond donors (Lipinski definition) is 2. The quantitative estimate of drug-likeness (QED) is 0.535. The third-order valence-corrected chi connectivity index (χ3v) is 4.35. The van der Waals surface area contributed by atoms with Crippen LogP contribution in [0.4, 0.5) is 0 Å². The number of hydrogen-bond acceptors (Lipinski definition) is 4. The molecule has 0 fully saturated rings. The van der Waals surface area contributed by atoms with Crippen molar-refractivity contribution in [2.75, 3.05) is 0 Å². The molecule has 1 amide bonds. The molecule has 0 atom stereocenters. The predicted octanol–water partition coefficient (Wildman–Crippen LogP) is 5.11. The van der Waals surface area contributed by atoms with E-state index in [0.717, 1.165) is 16.7 Å². The van der Waals surface area contributed by atoms with Crippen molar-refractivity contribution in [2.45, 2.75) is 52.4 Å². The van der Waals surface area contributed by atoms with E-state index in [1.54, 1.807) is 18.3 Å². The number of carbonyl (C=O) groups excluding carboxylic acids is 1. The summed E-state index contributed by atoms with van der Waals surface area (Å²) in [5.41, 5.74) is 4.48. The predicted molar refractivity (Wildman–Crippen MR) is 107 cm³/mol. The average Bonchev–Trinajstić information content (AvgIpc) is 2.93. The summed E-state index contributed by atoms with van der Waals surface area (Å²) in [6, 6.07) is 6.99. The Morgan fingerprint density at radius 1 is 1.12 bits per heavy atom. The average molecular weight is 421 g/mol. The first-order valence-corrected chi connectivity index (χ1v) is 9.15. The molecule has 2 aromatic rings. The van der Waals surface area contributed by atoms with Crippen molar-refractivity contribution in [3.05, 3.63) is 51.4 Å².